The van der Waals surface area contributed by atoms with Gasteiger partial charge in [0, 0.05) is 24.6 Å². The fourth-order valence-corrected chi connectivity index (χ4v) is 1.93. The van der Waals surface area contributed by atoms with Crippen LogP contribution in [0.2, 0.25) is 0 Å². The van der Waals surface area contributed by atoms with Gasteiger partial charge in [0.05, 0.1) is 36.7 Å². The monoisotopic (exact) mass is 309 g/mol. The number of imidazole rings is 1. The number of aliphatic hydroxyl groups excluding tert-OH is 1. The number of methoxy groups -OCH3 is 1. The Morgan fingerprint density at radius 2 is 2.38 bits per heavy atom. The molecule has 6 nitrogen and oxygen atoms in total. The number of halogens is 1. The highest BCUT2D eigenvalue weighted by molar-refractivity contribution is 6.18. The molecule has 2 rings (SSSR count). The summed E-state index contributed by atoms with van der Waals surface area (Å²) in [5, 5.41) is 12.5. The number of anilines is 1. The molecule has 2 N–H and O–H groups in total. The topological polar surface area (TPSA) is 76.4 Å². The van der Waals surface area contributed by atoms with Crippen molar-refractivity contribution in [3.63, 3.8) is 0 Å². The normalized spacial score (nSPS) is 12.0. The van der Waals surface area contributed by atoms with Crippen molar-refractivity contribution < 1.29 is 14.6 Å². The third-order valence-corrected chi connectivity index (χ3v) is 3.27. The summed E-state index contributed by atoms with van der Waals surface area (Å²) in [4.78, 5) is 15.8. The number of benzene rings is 1. The highest BCUT2D eigenvalue weighted by Crippen LogP contribution is 2.21. The fourth-order valence-electron chi connectivity index (χ4n) is 1.82. The molecule has 2 aromatic rings. The highest BCUT2D eigenvalue weighted by atomic mass is 35.5. The second-order valence-corrected chi connectivity index (χ2v) is 4.69. The van der Waals surface area contributed by atoms with Gasteiger partial charge in [0.2, 0.25) is 0 Å². The lowest BCUT2D eigenvalue weighted by molar-refractivity contribution is 0.0601. The van der Waals surface area contributed by atoms with Gasteiger partial charge in [0.25, 0.3) is 0 Å². The van der Waals surface area contributed by atoms with Crippen LogP contribution in [0.5, 0.6) is 0 Å². The Kier molecular flexibility index (Phi) is 5.19. The van der Waals surface area contributed by atoms with Crippen molar-refractivity contribution in [3.05, 3.63) is 42.5 Å². The van der Waals surface area contributed by atoms with E-state index in [0.29, 0.717) is 11.3 Å². The molecule has 0 aliphatic carbocycles. The molecule has 0 amide bonds. The molecule has 1 heterocycles. The van der Waals surface area contributed by atoms with Crippen molar-refractivity contribution in [1.29, 1.82) is 0 Å². The number of nitrogens with one attached hydrogen (secondary N) is 1. The zero-order valence-corrected chi connectivity index (χ0v) is 12.2. The lowest BCUT2D eigenvalue weighted by Crippen LogP contribution is -2.22. The number of alkyl halides is 1. The number of hydrogen-bond donors (Lipinski definition) is 2. The molecule has 0 bridgehead atoms. The van der Waals surface area contributed by atoms with Gasteiger partial charge in [-0.05, 0) is 18.2 Å². The average molecular weight is 310 g/mol. The molecule has 0 saturated heterocycles. The smallest absolute Gasteiger partial charge is 0.339 e. The van der Waals surface area contributed by atoms with Gasteiger partial charge in [-0.3, -0.25) is 0 Å². The zero-order valence-electron chi connectivity index (χ0n) is 11.5. The number of aliphatic hydroxyl groups is 1. The summed E-state index contributed by atoms with van der Waals surface area (Å²) in [7, 11) is 1.32. The minimum atomic E-state index is -0.700. The van der Waals surface area contributed by atoms with Crippen LogP contribution in [-0.4, -0.2) is 46.3 Å². The third kappa shape index (κ3) is 3.74. The first-order chi connectivity index (χ1) is 10.2. The number of hydrogen-bond acceptors (Lipinski definition) is 5. The Morgan fingerprint density at radius 3 is 3.00 bits per heavy atom. The van der Waals surface area contributed by atoms with Crippen LogP contribution >= 0.6 is 11.6 Å². The largest absolute Gasteiger partial charge is 0.465 e. The Labute approximate surface area is 127 Å². The zero-order chi connectivity index (χ0) is 15.2. The second kappa shape index (κ2) is 7.10. The molecule has 0 radical (unpaired) electrons. The minimum absolute atomic E-state index is 0.113. The van der Waals surface area contributed by atoms with Crippen LogP contribution < -0.4 is 5.32 Å². The van der Waals surface area contributed by atoms with E-state index in [1.54, 1.807) is 36.9 Å². The molecule has 21 heavy (non-hydrogen) atoms. The molecular weight excluding hydrogens is 294 g/mol. The molecular formula is C14H16ClN3O3. The molecule has 112 valence electrons. The number of rotatable bonds is 6. The number of esters is 1. The van der Waals surface area contributed by atoms with Crippen molar-refractivity contribution in [1.82, 2.24) is 9.55 Å². The SMILES string of the molecule is COC(=O)c1ccc(-n2ccnc2)cc1NCC(O)CCl. The van der Waals surface area contributed by atoms with E-state index < -0.39 is 12.1 Å². The molecule has 1 aromatic carbocycles. The second-order valence-electron chi connectivity index (χ2n) is 4.38. The molecule has 0 aliphatic rings. The maximum absolute atomic E-state index is 11.8. The summed E-state index contributed by atoms with van der Waals surface area (Å²) in [6, 6.07) is 5.24. The molecule has 0 fully saturated rings. The predicted octanol–water partition coefficient (Wildman–Crippen LogP) is 1.67. The summed E-state index contributed by atoms with van der Waals surface area (Å²) in [5.41, 5.74) is 1.79. The van der Waals surface area contributed by atoms with Gasteiger partial charge >= 0.3 is 5.97 Å². The lowest BCUT2D eigenvalue weighted by atomic mass is 10.1. The maximum Gasteiger partial charge on any atom is 0.339 e. The van der Waals surface area contributed by atoms with Crippen LogP contribution in [0.3, 0.4) is 0 Å². The molecule has 0 saturated carbocycles. The maximum atomic E-state index is 11.8. The van der Waals surface area contributed by atoms with Gasteiger partial charge < -0.3 is 19.7 Å². The van der Waals surface area contributed by atoms with Crippen LogP contribution in [0.1, 0.15) is 10.4 Å². The summed E-state index contributed by atoms with van der Waals surface area (Å²) < 4.78 is 6.56. The van der Waals surface area contributed by atoms with Crippen molar-refractivity contribution in [2.24, 2.45) is 0 Å². The number of ether oxygens (including phenoxy) is 1. The molecule has 1 atom stereocenters. The predicted molar refractivity (Wildman–Crippen MR) is 80.1 cm³/mol. The van der Waals surface area contributed by atoms with Gasteiger partial charge in [0.15, 0.2) is 0 Å². The summed E-state index contributed by atoms with van der Waals surface area (Å²) in [6.07, 6.45) is 4.42. The van der Waals surface area contributed by atoms with E-state index in [4.69, 9.17) is 16.3 Å². The first-order valence-corrected chi connectivity index (χ1v) is 6.87. The van der Waals surface area contributed by atoms with E-state index in [1.165, 1.54) is 7.11 Å². The highest BCUT2D eigenvalue weighted by Gasteiger charge is 2.14. The van der Waals surface area contributed by atoms with E-state index in [-0.39, 0.29) is 12.4 Å². The van der Waals surface area contributed by atoms with Crippen molar-refractivity contribution in [2.45, 2.75) is 6.10 Å². The van der Waals surface area contributed by atoms with E-state index in [1.807, 2.05) is 4.57 Å². The summed E-state index contributed by atoms with van der Waals surface area (Å²) in [6.45, 7) is 0.237. The van der Waals surface area contributed by atoms with Crippen molar-refractivity contribution >= 4 is 23.3 Å². The van der Waals surface area contributed by atoms with Crippen LogP contribution in [0.15, 0.2) is 36.9 Å². The van der Waals surface area contributed by atoms with E-state index >= 15 is 0 Å². The first kappa shape index (κ1) is 15.3. The van der Waals surface area contributed by atoms with Gasteiger partial charge in [-0.25, -0.2) is 9.78 Å². The Hall–Kier alpha value is -2.05. The third-order valence-electron chi connectivity index (χ3n) is 2.92. The number of aromatic nitrogens is 2. The van der Waals surface area contributed by atoms with E-state index in [0.717, 1.165) is 5.69 Å². The molecule has 1 aromatic heterocycles. The Balaban J connectivity index is 2.31. The van der Waals surface area contributed by atoms with Crippen LogP contribution in [0, 0.1) is 0 Å². The van der Waals surface area contributed by atoms with Gasteiger partial charge in [0.1, 0.15) is 0 Å². The quantitative estimate of drug-likeness (QED) is 0.627. The van der Waals surface area contributed by atoms with Crippen LogP contribution in [-0.2, 0) is 4.74 Å². The summed E-state index contributed by atoms with van der Waals surface area (Å²) >= 11 is 5.57. The Bertz CT molecular complexity index is 602. The number of carbonyl (C=O) groups is 1. The first-order valence-electron chi connectivity index (χ1n) is 6.34. The summed E-state index contributed by atoms with van der Waals surface area (Å²) in [5.74, 6) is -0.336. The van der Waals surface area contributed by atoms with E-state index in [2.05, 4.69) is 10.3 Å². The minimum Gasteiger partial charge on any atom is -0.465 e. The molecule has 1 unspecified atom stereocenters. The Morgan fingerprint density at radius 1 is 1.57 bits per heavy atom. The molecule has 7 heteroatoms. The fraction of sp³-hybridized carbons (Fsp3) is 0.286. The van der Waals surface area contributed by atoms with E-state index in [9.17, 15) is 9.90 Å². The van der Waals surface area contributed by atoms with Gasteiger partial charge in [-0.15, -0.1) is 11.6 Å². The lowest BCUT2D eigenvalue weighted by Gasteiger charge is -2.15. The van der Waals surface area contributed by atoms with Gasteiger partial charge in [-0.1, -0.05) is 0 Å². The molecule has 0 aliphatic heterocycles. The number of nitrogens with zero attached hydrogens (tertiary/aromatic N) is 2. The van der Waals surface area contributed by atoms with Crippen molar-refractivity contribution in [2.75, 3.05) is 24.9 Å². The average Bonchev–Trinajstić information content (AvgIpc) is 3.05. The number of carbonyl (C=O) groups excluding carboxylic acids is 1. The van der Waals surface area contributed by atoms with Crippen LogP contribution in [0.4, 0.5) is 5.69 Å². The molecule has 0 spiro atoms. The van der Waals surface area contributed by atoms with Crippen LogP contribution in [0.25, 0.3) is 5.69 Å². The van der Waals surface area contributed by atoms with Gasteiger partial charge in [-0.2, -0.15) is 0 Å². The van der Waals surface area contributed by atoms with Crippen molar-refractivity contribution in [3.8, 4) is 5.69 Å². The standard InChI is InChI=1S/C14H16ClN3O3/c1-21-14(20)12-3-2-10(18-5-4-16-9-18)6-13(12)17-8-11(19)7-15/h2-6,9,11,17,19H,7-8H2,1H3.